The van der Waals surface area contributed by atoms with Crippen LogP contribution in [0.2, 0.25) is 0 Å². The standard InChI is InChI=1S/C20H26I.C10H16O4S/c1-19(2,3)15-11-7-9-13-17(15)21-18-14-10-8-12-16(18)20(4,5)6;1-9(2)6-4-5-10(9,3)8(11)7(6)15(12,13)14/h7-14H,1-6H3;6-7H,4-5H2,1-3H3,(H,12,13,14)/q+1;/p-1. The summed E-state index contributed by atoms with van der Waals surface area (Å²) in [5.74, 6) is -0.656. The monoisotopic (exact) mass is 624 g/mol. The lowest BCUT2D eigenvalue weighted by Gasteiger charge is -2.32. The highest BCUT2D eigenvalue weighted by Crippen LogP contribution is 2.64. The van der Waals surface area contributed by atoms with Gasteiger partial charge in [0, 0.05) is 16.5 Å². The van der Waals surface area contributed by atoms with Gasteiger partial charge in [-0.3, -0.25) is 4.79 Å². The largest absolute Gasteiger partial charge is 0.747 e. The topological polar surface area (TPSA) is 74.3 Å². The van der Waals surface area contributed by atoms with Gasteiger partial charge in [-0.2, -0.15) is 0 Å². The molecule has 2 aromatic carbocycles. The van der Waals surface area contributed by atoms with E-state index in [1.54, 1.807) is 14.1 Å². The van der Waals surface area contributed by atoms with Gasteiger partial charge in [-0.1, -0.05) is 98.7 Å². The zero-order valence-electron chi connectivity index (χ0n) is 23.1. The highest BCUT2D eigenvalue weighted by molar-refractivity contribution is 7.87. The van der Waals surface area contributed by atoms with Gasteiger partial charge in [-0.25, -0.2) is 8.42 Å². The van der Waals surface area contributed by atoms with Gasteiger partial charge in [0.2, 0.25) is 0 Å². The number of Topliss-reactive ketones (excluding diaryl/α,β-unsaturated/α-hetero) is 1. The Morgan fingerprint density at radius 3 is 1.56 bits per heavy atom. The number of benzene rings is 2. The number of hydrogen-bond acceptors (Lipinski definition) is 4. The van der Waals surface area contributed by atoms with Crippen molar-refractivity contribution in [2.24, 2.45) is 16.7 Å². The minimum atomic E-state index is -4.49. The molecule has 198 valence electrons. The molecule has 0 saturated heterocycles. The molecule has 0 heterocycles. The number of ketones is 1. The number of hydrogen-bond donors (Lipinski definition) is 0. The second kappa shape index (κ2) is 9.81. The van der Waals surface area contributed by atoms with E-state index in [9.17, 15) is 17.8 Å². The van der Waals surface area contributed by atoms with E-state index in [0.717, 1.165) is 0 Å². The number of carbonyl (C=O) groups is 1. The summed E-state index contributed by atoms with van der Waals surface area (Å²) < 4.78 is 36.4. The normalized spacial score (nSPS) is 25.4. The molecular weight excluding hydrogens is 583 g/mol. The molecule has 6 heteroatoms. The SMILES string of the molecule is CC(C)(C)c1ccccc1[I+]c1ccccc1C(C)(C)C.CC12CCC(C(S(=O)(=O)[O-])C1=O)C2(C)C. The fourth-order valence-electron chi connectivity index (χ4n) is 5.75. The van der Waals surface area contributed by atoms with Crippen LogP contribution in [0.1, 0.15) is 86.3 Å². The van der Waals surface area contributed by atoms with Crippen molar-refractivity contribution in [1.82, 2.24) is 0 Å². The Labute approximate surface area is 228 Å². The lowest BCUT2D eigenvalue weighted by Crippen LogP contribution is -3.62. The third kappa shape index (κ3) is 5.46. The van der Waals surface area contributed by atoms with Gasteiger partial charge in [0.05, 0.1) is 0 Å². The lowest BCUT2D eigenvalue weighted by molar-refractivity contribution is -0.599. The molecule has 3 atom stereocenters. The molecule has 0 N–H and O–H groups in total. The molecule has 0 aromatic heterocycles. The first-order valence-electron chi connectivity index (χ1n) is 12.6. The van der Waals surface area contributed by atoms with Gasteiger partial charge in [0.25, 0.3) is 0 Å². The van der Waals surface area contributed by atoms with Crippen LogP contribution in [0.25, 0.3) is 0 Å². The maximum absolute atomic E-state index is 12.0. The Morgan fingerprint density at radius 2 is 1.25 bits per heavy atom. The van der Waals surface area contributed by atoms with Gasteiger partial charge >= 0.3 is 21.2 Å². The van der Waals surface area contributed by atoms with Gasteiger partial charge in [-0.05, 0) is 47.1 Å². The Balaban J connectivity index is 0.000000212. The Hall–Kier alpha value is -1.25. The summed E-state index contributed by atoms with van der Waals surface area (Å²) in [6.07, 6.45) is 1.37. The van der Waals surface area contributed by atoms with Crippen LogP contribution in [-0.4, -0.2) is 24.0 Å². The van der Waals surface area contributed by atoms with Crippen molar-refractivity contribution in [2.75, 3.05) is 0 Å². The van der Waals surface area contributed by atoms with Crippen LogP contribution in [-0.2, 0) is 25.7 Å². The smallest absolute Gasteiger partial charge is 0.358 e. The molecule has 2 bridgehead atoms. The zero-order valence-corrected chi connectivity index (χ0v) is 26.1. The average Bonchev–Trinajstić information content (AvgIpc) is 3.05. The predicted octanol–water partition coefficient (Wildman–Crippen LogP) is 3.34. The van der Waals surface area contributed by atoms with Crippen LogP contribution >= 0.6 is 0 Å². The fraction of sp³-hybridized carbons (Fsp3) is 0.567. The first kappa shape index (κ1) is 29.3. The van der Waals surface area contributed by atoms with Crippen molar-refractivity contribution in [3.05, 3.63) is 66.8 Å². The van der Waals surface area contributed by atoms with E-state index in [1.807, 2.05) is 13.8 Å². The summed E-state index contributed by atoms with van der Waals surface area (Å²) in [6.45, 7) is 19.4. The Morgan fingerprint density at radius 1 is 0.833 bits per heavy atom. The quantitative estimate of drug-likeness (QED) is 0.388. The summed E-state index contributed by atoms with van der Waals surface area (Å²) in [5, 5.41) is -1.30. The van der Waals surface area contributed by atoms with Crippen molar-refractivity contribution < 1.29 is 39.0 Å². The first-order chi connectivity index (χ1) is 16.3. The van der Waals surface area contributed by atoms with Gasteiger partial charge in [0.15, 0.2) is 12.9 Å². The van der Waals surface area contributed by atoms with E-state index < -0.39 is 20.8 Å². The Kier molecular flexibility index (Phi) is 7.99. The molecule has 4 nitrogen and oxygen atoms in total. The van der Waals surface area contributed by atoms with Crippen LogP contribution in [0.5, 0.6) is 0 Å². The van der Waals surface area contributed by atoms with E-state index in [4.69, 9.17) is 0 Å². The highest BCUT2D eigenvalue weighted by atomic mass is 127. The average molecular weight is 625 g/mol. The minimum Gasteiger partial charge on any atom is -0.747 e. The summed E-state index contributed by atoms with van der Waals surface area (Å²) in [7, 11) is -4.49. The van der Waals surface area contributed by atoms with Crippen LogP contribution in [0.15, 0.2) is 48.5 Å². The maximum Gasteiger partial charge on any atom is 0.358 e. The lowest BCUT2D eigenvalue weighted by atomic mass is 9.70. The molecule has 0 radical (unpaired) electrons. The molecule has 2 aliphatic rings. The summed E-state index contributed by atoms with van der Waals surface area (Å²) in [6, 6.07) is 18.0. The molecule has 0 spiro atoms. The van der Waals surface area contributed by atoms with Crippen molar-refractivity contribution >= 4 is 15.9 Å². The molecule has 36 heavy (non-hydrogen) atoms. The molecule has 2 fully saturated rings. The molecular formula is C30H41IO4S. The molecule has 4 rings (SSSR count). The number of rotatable bonds is 3. The van der Waals surface area contributed by atoms with E-state index in [0.29, 0.717) is 12.8 Å². The third-order valence-electron chi connectivity index (χ3n) is 8.35. The van der Waals surface area contributed by atoms with Crippen LogP contribution in [0.3, 0.4) is 0 Å². The van der Waals surface area contributed by atoms with E-state index in [1.165, 1.54) is 11.1 Å². The fourth-order valence-corrected chi connectivity index (χ4v) is 11.1. The molecule has 2 saturated carbocycles. The first-order valence-corrected chi connectivity index (χ1v) is 16.3. The van der Waals surface area contributed by atoms with Crippen LogP contribution in [0.4, 0.5) is 0 Å². The molecule has 2 aromatic rings. The number of fused-ring (bicyclic) bond motifs is 2. The molecule has 3 unspecified atom stereocenters. The third-order valence-corrected chi connectivity index (χ3v) is 12.6. The summed E-state index contributed by atoms with van der Waals surface area (Å²) >= 11 is -0.147. The van der Waals surface area contributed by atoms with Gasteiger partial charge < -0.3 is 4.55 Å². The van der Waals surface area contributed by atoms with Crippen molar-refractivity contribution in [1.29, 1.82) is 0 Å². The zero-order chi connectivity index (χ0) is 27.3. The van der Waals surface area contributed by atoms with Crippen molar-refractivity contribution in [2.45, 2.75) is 91.2 Å². The van der Waals surface area contributed by atoms with Gasteiger partial charge in [-0.15, -0.1) is 0 Å². The minimum absolute atomic E-state index is 0.147. The van der Waals surface area contributed by atoms with E-state index in [-0.39, 0.29) is 49.2 Å². The van der Waals surface area contributed by atoms with Crippen molar-refractivity contribution in [3.63, 3.8) is 0 Å². The molecule has 0 aliphatic heterocycles. The summed E-state index contributed by atoms with van der Waals surface area (Å²) in [5.41, 5.74) is 2.44. The second-order valence-corrected chi connectivity index (χ2v) is 17.4. The Bertz CT molecular complexity index is 1180. The van der Waals surface area contributed by atoms with Crippen molar-refractivity contribution in [3.8, 4) is 0 Å². The molecule has 2 aliphatic carbocycles. The summed E-state index contributed by atoms with van der Waals surface area (Å²) in [4.78, 5) is 12.0. The molecule has 0 amide bonds. The van der Waals surface area contributed by atoms with Crippen LogP contribution in [0, 0.1) is 23.9 Å². The predicted molar refractivity (Wildman–Crippen MR) is 141 cm³/mol. The highest BCUT2D eigenvalue weighted by Gasteiger charge is 2.67. The van der Waals surface area contributed by atoms with Crippen LogP contribution < -0.4 is 21.2 Å². The number of halogens is 1. The van der Waals surface area contributed by atoms with E-state index >= 15 is 0 Å². The van der Waals surface area contributed by atoms with E-state index in [2.05, 4.69) is 90.1 Å². The maximum atomic E-state index is 12.0. The second-order valence-electron chi connectivity index (χ2n) is 13.0. The number of carbonyl (C=O) groups excluding carboxylic acids is 1. The van der Waals surface area contributed by atoms with Gasteiger partial charge in [0.1, 0.15) is 15.4 Å².